The van der Waals surface area contributed by atoms with E-state index >= 15 is 0 Å². The van der Waals surface area contributed by atoms with Crippen molar-refractivity contribution in [1.29, 1.82) is 0 Å². The highest BCUT2D eigenvalue weighted by molar-refractivity contribution is 7.08. The average Bonchev–Trinajstić information content (AvgIpc) is 2.96. The molecule has 3 rings (SSSR count). The summed E-state index contributed by atoms with van der Waals surface area (Å²) in [6, 6.07) is -0.222. The lowest BCUT2D eigenvalue weighted by atomic mass is 10.1. The van der Waals surface area contributed by atoms with Crippen LogP contribution in [-0.2, 0) is 4.79 Å². The van der Waals surface area contributed by atoms with Gasteiger partial charge in [0.1, 0.15) is 10.9 Å². The first-order valence-corrected chi connectivity index (χ1v) is 7.98. The van der Waals surface area contributed by atoms with Crippen LogP contribution in [0.2, 0.25) is 0 Å². The fraction of sp³-hybridized carbons (Fsp3) is 0.692. The number of carbonyl (C=O) groups is 2. The monoisotopic (exact) mass is 309 g/mol. The van der Waals surface area contributed by atoms with Crippen LogP contribution in [0.25, 0.3) is 0 Å². The molecule has 114 valence electrons. The summed E-state index contributed by atoms with van der Waals surface area (Å²) in [6.45, 7) is 7.39. The third-order valence-electron chi connectivity index (χ3n) is 4.03. The molecule has 1 aromatic heterocycles. The van der Waals surface area contributed by atoms with E-state index in [0.717, 1.165) is 30.3 Å². The van der Waals surface area contributed by atoms with Crippen molar-refractivity contribution in [2.24, 2.45) is 0 Å². The van der Waals surface area contributed by atoms with E-state index in [1.165, 1.54) is 0 Å². The minimum atomic E-state index is -0.222. The summed E-state index contributed by atoms with van der Waals surface area (Å²) < 4.78 is 3.91. The lowest BCUT2D eigenvalue weighted by molar-refractivity contribution is -0.131. The molecule has 2 fully saturated rings. The van der Waals surface area contributed by atoms with Crippen molar-refractivity contribution in [1.82, 2.24) is 24.7 Å². The number of nitrogens with zero attached hydrogens (tertiary/aromatic N) is 4. The van der Waals surface area contributed by atoms with E-state index in [2.05, 4.69) is 19.8 Å². The molecule has 1 unspecified atom stereocenters. The third-order valence-corrected chi connectivity index (χ3v) is 4.76. The van der Waals surface area contributed by atoms with Crippen LogP contribution in [0.15, 0.2) is 0 Å². The van der Waals surface area contributed by atoms with Crippen LogP contribution in [0, 0.1) is 0 Å². The minimum Gasteiger partial charge on any atom is -0.353 e. The van der Waals surface area contributed by atoms with Gasteiger partial charge in [0.05, 0.1) is 5.69 Å². The van der Waals surface area contributed by atoms with E-state index < -0.39 is 0 Å². The third kappa shape index (κ3) is 2.65. The van der Waals surface area contributed by atoms with Crippen molar-refractivity contribution in [3.63, 3.8) is 0 Å². The maximum atomic E-state index is 12.7. The van der Waals surface area contributed by atoms with E-state index in [4.69, 9.17) is 0 Å². The van der Waals surface area contributed by atoms with Crippen LogP contribution in [0.5, 0.6) is 0 Å². The van der Waals surface area contributed by atoms with Gasteiger partial charge in [-0.1, -0.05) is 18.3 Å². The van der Waals surface area contributed by atoms with Gasteiger partial charge in [-0.05, 0) is 17.5 Å². The first-order chi connectivity index (χ1) is 10.1. The topological polar surface area (TPSA) is 78.4 Å². The van der Waals surface area contributed by atoms with Crippen molar-refractivity contribution < 1.29 is 9.59 Å². The van der Waals surface area contributed by atoms with Gasteiger partial charge in [0.2, 0.25) is 5.91 Å². The number of fused-ring (bicyclic) bond motifs is 1. The highest BCUT2D eigenvalue weighted by Gasteiger charge is 2.37. The molecular weight excluding hydrogens is 290 g/mol. The number of amides is 2. The van der Waals surface area contributed by atoms with Crippen LogP contribution in [0.4, 0.5) is 0 Å². The van der Waals surface area contributed by atoms with Gasteiger partial charge >= 0.3 is 0 Å². The molecular formula is C13H19N5O2S. The van der Waals surface area contributed by atoms with Gasteiger partial charge in [0.25, 0.3) is 5.91 Å². The largest absolute Gasteiger partial charge is 0.353 e. The number of piperazine rings is 2. The van der Waals surface area contributed by atoms with E-state index in [1.54, 1.807) is 4.90 Å². The Labute approximate surface area is 127 Å². The zero-order valence-electron chi connectivity index (χ0n) is 12.2. The van der Waals surface area contributed by atoms with Crippen LogP contribution < -0.4 is 5.32 Å². The predicted molar refractivity (Wildman–Crippen MR) is 78.3 cm³/mol. The molecule has 0 aliphatic carbocycles. The Morgan fingerprint density at radius 1 is 1.38 bits per heavy atom. The molecule has 2 saturated heterocycles. The van der Waals surface area contributed by atoms with E-state index in [0.29, 0.717) is 24.5 Å². The Bertz CT molecular complexity index is 559. The molecule has 0 aromatic carbocycles. The predicted octanol–water partition coefficient (Wildman–Crippen LogP) is -0.0823. The van der Waals surface area contributed by atoms with Gasteiger partial charge in [-0.2, -0.15) is 0 Å². The molecule has 0 radical (unpaired) electrons. The molecule has 7 nitrogen and oxygen atoms in total. The number of rotatable bonds is 2. The SMILES string of the molecule is CC(C)c1nnsc1C(=O)N1CCN2CCNC(=O)C2C1. The smallest absolute Gasteiger partial charge is 0.267 e. The highest BCUT2D eigenvalue weighted by atomic mass is 32.1. The Morgan fingerprint density at radius 3 is 2.95 bits per heavy atom. The quantitative estimate of drug-likeness (QED) is 0.826. The molecule has 1 atom stereocenters. The molecule has 0 bridgehead atoms. The second kappa shape index (κ2) is 5.69. The summed E-state index contributed by atoms with van der Waals surface area (Å²) in [5, 5.41) is 6.92. The number of carbonyl (C=O) groups excluding carboxylic acids is 2. The summed E-state index contributed by atoms with van der Waals surface area (Å²) in [7, 11) is 0. The van der Waals surface area contributed by atoms with Crippen LogP contribution in [0.1, 0.15) is 35.1 Å². The molecule has 8 heteroatoms. The number of hydrogen-bond acceptors (Lipinski definition) is 6. The van der Waals surface area contributed by atoms with Crippen molar-refractivity contribution in [3.05, 3.63) is 10.6 Å². The van der Waals surface area contributed by atoms with Crippen molar-refractivity contribution in [3.8, 4) is 0 Å². The van der Waals surface area contributed by atoms with Gasteiger partial charge in [-0.15, -0.1) is 5.10 Å². The van der Waals surface area contributed by atoms with Gasteiger partial charge in [-0.25, -0.2) is 0 Å². The number of nitrogens with one attached hydrogen (secondary N) is 1. The molecule has 2 amide bonds. The molecule has 2 aliphatic rings. The fourth-order valence-corrected chi connectivity index (χ4v) is 3.62. The lowest BCUT2D eigenvalue weighted by Gasteiger charge is -2.42. The second-order valence-electron chi connectivity index (χ2n) is 5.74. The van der Waals surface area contributed by atoms with Gasteiger partial charge < -0.3 is 10.2 Å². The van der Waals surface area contributed by atoms with Crippen molar-refractivity contribution >= 4 is 23.3 Å². The molecule has 2 aliphatic heterocycles. The van der Waals surface area contributed by atoms with E-state index in [-0.39, 0.29) is 23.8 Å². The highest BCUT2D eigenvalue weighted by Crippen LogP contribution is 2.23. The zero-order valence-corrected chi connectivity index (χ0v) is 13.0. The molecule has 0 spiro atoms. The molecule has 1 aromatic rings. The second-order valence-corrected chi connectivity index (χ2v) is 6.49. The Hall–Kier alpha value is -1.54. The Morgan fingerprint density at radius 2 is 2.19 bits per heavy atom. The van der Waals surface area contributed by atoms with Crippen LogP contribution in [-0.4, -0.2) is 70.0 Å². The summed E-state index contributed by atoms with van der Waals surface area (Å²) in [6.07, 6.45) is 0. The van der Waals surface area contributed by atoms with E-state index in [1.807, 2.05) is 13.8 Å². The molecule has 1 N–H and O–H groups in total. The summed E-state index contributed by atoms with van der Waals surface area (Å²) in [4.78, 5) is 29.1. The van der Waals surface area contributed by atoms with Crippen LogP contribution in [0.3, 0.4) is 0 Å². The first-order valence-electron chi connectivity index (χ1n) is 7.21. The van der Waals surface area contributed by atoms with Gasteiger partial charge in [0.15, 0.2) is 0 Å². The normalized spacial score (nSPS) is 23.1. The Kier molecular flexibility index (Phi) is 3.90. The summed E-state index contributed by atoms with van der Waals surface area (Å²) in [5.74, 6) is 0.138. The molecule has 21 heavy (non-hydrogen) atoms. The van der Waals surface area contributed by atoms with Crippen molar-refractivity contribution in [2.45, 2.75) is 25.8 Å². The average molecular weight is 309 g/mol. The number of aromatic nitrogens is 2. The fourth-order valence-electron chi connectivity index (χ4n) is 2.83. The lowest BCUT2D eigenvalue weighted by Crippen LogP contribution is -2.64. The minimum absolute atomic E-state index is 0.0188. The van der Waals surface area contributed by atoms with E-state index in [9.17, 15) is 9.59 Å². The van der Waals surface area contributed by atoms with Crippen LogP contribution >= 0.6 is 11.5 Å². The summed E-state index contributed by atoms with van der Waals surface area (Å²) >= 11 is 1.14. The molecule has 0 saturated carbocycles. The standard InChI is InChI=1S/C13H19N5O2S/c1-8(2)10-11(21-16-15-10)13(20)18-6-5-17-4-3-14-12(19)9(17)7-18/h8-9H,3-7H2,1-2H3,(H,14,19). The van der Waals surface area contributed by atoms with Gasteiger partial charge in [-0.3, -0.25) is 14.5 Å². The number of hydrogen-bond donors (Lipinski definition) is 1. The zero-order chi connectivity index (χ0) is 15.0. The van der Waals surface area contributed by atoms with Crippen molar-refractivity contribution in [2.75, 3.05) is 32.7 Å². The molecule has 3 heterocycles. The first kappa shape index (κ1) is 14.4. The Balaban J connectivity index is 1.76. The maximum Gasteiger partial charge on any atom is 0.267 e. The van der Waals surface area contributed by atoms with Gasteiger partial charge in [0, 0.05) is 32.7 Å². The maximum absolute atomic E-state index is 12.7. The summed E-state index contributed by atoms with van der Waals surface area (Å²) in [5.41, 5.74) is 0.750.